The molecule has 0 N–H and O–H groups in total. The van der Waals surface area contributed by atoms with E-state index in [1.54, 1.807) is 0 Å². The minimum Gasteiger partial charge on any atom is -0.314 e. The molecular weight excluding hydrogens is 254 g/mol. The molecule has 0 bridgehead atoms. The lowest BCUT2D eigenvalue weighted by Crippen LogP contribution is -2.17. The molecule has 0 radical (unpaired) electrons. The van der Waals surface area contributed by atoms with Crippen LogP contribution in [-0.2, 0) is 6.42 Å². The minimum absolute atomic E-state index is 1.08. The van der Waals surface area contributed by atoms with Crippen LogP contribution in [0.1, 0.15) is 25.3 Å². The van der Waals surface area contributed by atoms with Gasteiger partial charge in [0.1, 0.15) is 0 Å². The van der Waals surface area contributed by atoms with Gasteiger partial charge in [-0.25, -0.2) is 0 Å². The van der Waals surface area contributed by atoms with Crippen molar-refractivity contribution in [2.24, 2.45) is 0 Å². The first-order chi connectivity index (χ1) is 10.4. The van der Waals surface area contributed by atoms with Crippen LogP contribution in [0.5, 0.6) is 0 Å². The van der Waals surface area contributed by atoms with Gasteiger partial charge in [0.2, 0.25) is 0 Å². The van der Waals surface area contributed by atoms with Crippen LogP contribution in [0.2, 0.25) is 0 Å². The molecule has 0 saturated heterocycles. The molecule has 0 spiro atoms. The third-order valence-electron chi connectivity index (χ3n) is 3.90. The molecule has 0 amide bonds. The van der Waals surface area contributed by atoms with Crippen molar-refractivity contribution in [2.45, 2.75) is 26.2 Å². The average molecular weight is 275 g/mol. The monoisotopic (exact) mass is 275 g/mol. The van der Waals surface area contributed by atoms with E-state index >= 15 is 0 Å². The van der Waals surface area contributed by atoms with E-state index in [2.05, 4.69) is 84.6 Å². The Labute approximate surface area is 127 Å². The molecule has 0 aliphatic heterocycles. The topological polar surface area (TPSA) is 3.24 Å². The van der Waals surface area contributed by atoms with E-state index in [4.69, 9.17) is 0 Å². The van der Waals surface area contributed by atoms with Gasteiger partial charge in [-0.15, -0.1) is 0 Å². The van der Waals surface area contributed by atoms with Gasteiger partial charge < -0.3 is 4.90 Å². The highest BCUT2D eigenvalue weighted by Gasteiger charge is 2.14. The van der Waals surface area contributed by atoms with E-state index in [0.29, 0.717) is 0 Å². The molecule has 1 aliphatic rings. The molecule has 3 rings (SSSR count). The van der Waals surface area contributed by atoms with Crippen LogP contribution in [0.25, 0.3) is 0 Å². The molecule has 0 unspecified atom stereocenters. The van der Waals surface area contributed by atoms with E-state index in [9.17, 15) is 0 Å². The fourth-order valence-electron chi connectivity index (χ4n) is 2.71. The Balaban J connectivity index is 2.02. The van der Waals surface area contributed by atoms with Crippen LogP contribution >= 0.6 is 0 Å². The summed E-state index contributed by atoms with van der Waals surface area (Å²) < 4.78 is 0. The number of aryl methyl sites for hydroxylation is 1. The predicted octanol–water partition coefficient (Wildman–Crippen LogP) is 5.62. The predicted molar refractivity (Wildman–Crippen MR) is 90.9 cm³/mol. The highest BCUT2D eigenvalue weighted by molar-refractivity contribution is 5.69. The van der Waals surface area contributed by atoms with E-state index in [1.807, 2.05) is 0 Å². The van der Waals surface area contributed by atoms with Crippen LogP contribution in [0.3, 0.4) is 0 Å². The van der Waals surface area contributed by atoms with Crippen molar-refractivity contribution in [3.8, 4) is 0 Å². The van der Waals surface area contributed by atoms with E-state index < -0.39 is 0 Å². The maximum Gasteiger partial charge on any atom is 0.0458 e. The van der Waals surface area contributed by atoms with Crippen LogP contribution in [0.4, 0.5) is 11.4 Å². The molecule has 106 valence electrons. The Morgan fingerprint density at radius 3 is 2.24 bits per heavy atom. The molecule has 1 nitrogen and oxygen atoms in total. The number of anilines is 2. The Hall–Kier alpha value is -2.28. The zero-order valence-corrected chi connectivity index (χ0v) is 12.5. The lowest BCUT2D eigenvalue weighted by molar-refractivity contribution is 0.917. The summed E-state index contributed by atoms with van der Waals surface area (Å²) in [4.78, 5) is 2.36. The first-order valence-corrected chi connectivity index (χ1v) is 7.68. The van der Waals surface area contributed by atoms with E-state index in [1.165, 1.54) is 22.6 Å². The highest BCUT2D eigenvalue weighted by Crippen LogP contribution is 2.32. The van der Waals surface area contributed by atoms with Crippen molar-refractivity contribution in [3.63, 3.8) is 0 Å². The van der Waals surface area contributed by atoms with Crippen molar-refractivity contribution < 1.29 is 0 Å². The van der Waals surface area contributed by atoms with Crippen LogP contribution in [0.15, 0.2) is 78.5 Å². The molecule has 0 atom stereocenters. The minimum atomic E-state index is 1.08. The second-order valence-corrected chi connectivity index (χ2v) is 5.32. The quantitative estimate of drug-likeness (QED) is 0.700. The smallest absolute Gasteiger partial charge is 0.0458 e. The van der Waals surface area contributed by atoms with Gasteiger partial charge in [-0.1, -0.05) is 49.4 Å². The van der Waals surface area contributed by atoms with Crippen molar-refractivity contribution >= 4 is 11.4 Å². The Morgan fingerprint density at radius 1 is 0.905 bits per heavy atom. The molecule has 0 fully saturated rings. The number of hydrogen-bond acceptors (Lipinski definition) is 1. The summed E-state index contributed by atoms with van der Waals surface area (Å²) in [6.07, 6.45) is 9.90. The highest BCUT2D eigenvalue weighted by atomic mass is 15.1. The lowest BCUT2D eigenvalue weighted by atomic mass is 10.1. The number of nitrogens with zero attached hydrogens (tertiary/aromatic N) is 1. The zero-order chi connectivity index (χ0) is 14.5. The Morgan fingerprint density at radius 2 is 1.62 bits per heavy atom. The van der Waals surface area contributed by atoms with Gasteiger partial charge in [0.15, 0.2) is 0 Å². The lowest BCUT2D eigenvalue weighted by Gasteiger charge is -2.29. The number of para-hydroxylation sites is 1. The number of hydrogen-bond donors (Lipinski definition) is 0. The molecule has 0 heterocycles. The first-order valence-electron chi connectivity index (χ1n) is 7.68. The van der Waals surface area contributed by atoms with Gasteiger partial charge >= 0.3 is 0 Å². The van der Waals surface area contributed by atoms with Crippen molar-refractivity contribution in [2.75, 3.05) is 4.90 Å². The van der Waals surface area contributed by atoms with Gasteiger partial charge in [-0.05, 0) is 55.2 Å². The molecule has 1 heteroatoms. The summed E-state index contributed by atoms with van der Waals surface area (Å²) >= 11 is 0. The van der Waals surface area contributed by atoms with Gasteiger partial charge in [-0.2, -0.15) is 0 Å². The zero-order valence-electron chi connectivity index (χ0n) is 12.5. The Bertz CT molecular complexity index is 635. The van der Waals surface area contributed by atoms with Crippen LogP contribution < -0.4 is 4.90 Å². The maximum atomic E-state index is 2.36. The summed E-state index contributed by atoms with van der Waals surface area (Å²) in [5.74, 6) is 0. The van der Waals surface area contributed by atoms with Gasteiger partial charge in [0.25, 0.3) is 0 Å². The summed E-state index contributed by atoms with van der Waals surface area (Å²) in [6.45, 7) is 2.19. The van der Waals surface area contributed by atoms with Gasteiger partial charge in [0, 0.05) is 17.1 Å². The fraction of sp³-hybridized carbons (Fsp3) is 0.200. The third-order valence-corrected chi connectivity index (χ3v) is 3.90. The van der Waals surface area contributed by atoms with Gasteiger partial charge in [-0.3, -0.25) is 0 Å². The van der Waals surface area contributed by atoms with E-state index in [0.717, 1.165) is 19.3 Å². The molecular formula is C20H21N. The number of benzene rings is 2. The summed E-state index contributed by atoms with van der Waals surface area (Å²) in [7, 11) is 0. The van der Waals surface area contributed by atoms with Gasteiger partial charge in [0.05, 0.1) is 0 Å². The van der Waals surface area contributed by atoms with Crippen molar-refractivity contribution in [1.82, 2.24) is 0 Å². The van der Waals surface area contributed by atoms with Crippen LogP contribution in [0, 0.1) is 0 Å². The van der Waals surface area contributed by atoms with E-state index in [-0.39, 0.29) is 0 Å². The largest absolute Gasteiger partial charge is 0.314 e. The second-order valence-electron chi connectivity index (χ2n) is 5.32. The fourth-order valence-corrected chi connectivity index (χ4v) is 2.71. The molecule has 21 heavy (non-hydrogen) atoms. The molecule has 2 aromatic rings. The summed E-state index contributed by atoms with van der Waals surface area (Å²) in [6, 6.07) is 19.5. The molecule has 1 aliphatic carbocycles. The summed E-state index contributed by atoms with van der Waals surface area (Å²) in [5.41, 5.74) is 5.19. The number of allylic oxidation sites excluding steroid dienone is 4. The maximum absolute atomic E-state index is 2.36. The average Bonchev–Trinajstić information content (AvgIpc) is 2.58. The summed E-state index contributed by atoms with van der Waals surface area (Å²) in [5, 5.41) is 0. The van der Waals surface area contributed by atoms with Crippen LogP contribution in [-0.4, -0.2) is 0 Å². The Kier molecular flexibility index (Phi) is 4.20. The first kappa shape index (κ1) is 13.7. The molecule has 2 aromatic carbocycles. The number of rotatable bonds is 4. The molecule has 0 saturated carbocycles. The van der Waals surface area contributed by atoms with Crippen molar-refractivity contribution in [3.05, 3.63) is 84.1 Å². The standard InChI is InChI=1S/C20H21N/c1-2-17-13-15-20(16-14-17)21(18-9-5-3-6-10-18)19-11-7-4-8-12-19/h3-7,9-11,13-16H,2,8,12H2,1H3. The third kappa shape index (κ3) is 3.08. The second kappa shape index (κ2) is 6.45. The SMILES string of the molecule is CCc1ccc(N(C2=CC=CCC2)c2ccccc2)cc1. The van der Waals surface area contributed by atoms with Crippen molar-refractivity contribution in [1.29, 1.82) is 0 Å². The normalized spacial score (nSPS) is 13.9. The molecule has 0 aromatic heterocycles.